The van der Waals surface area contributed by atoms with E-state index < -0.39 is 0 Å². The van der Waals surface area contributed by atoms with Gasteiger partial charge in [0.1, 0.15) is 0 Å². The maximum Gasteiger partial charge on any atom is 0.162 e. The van der Waals surface area contributed by atoms with Crippen molar-refractivity contribution >= 4 is 0 Å². The smallest absolute Gasteiger partial charge is 0.162 e. The van der Waals surface area contributed by atoms with E-state index in [2.05, 4.69) is 12.2 Å². The molecule has 1 aliphatic carbocycles. The molecule has 1 unspecified atom stereocenters. The Morgan fingerprint density at radius 1 is 1.30 bits per heavy atom. The van der Waals surface area contributed by atoms with Crippen LogP contribution in [0, 0.1) is 5.92 Å². The molecule has 3 nitrogen and oxygen atoms in total. The Morgan fingerprint density at radius 2 is 2.05 bits per heavy atom. The third-order valence-electron chi connectivity index (χ3n) is 4.35. The highest BCUT2D eigenvalue weighted by Crippen LogP contribution is 2.30. The maximum absolute atomic E-state index is 10.2. The normalized spacial score (nSPS) is 17.9. The number of aromatic hydroxyl groups is 1. The van der Waals surface area contributed by atoms with E-state index in [9.17, 15) is 5.11 Å². The van der Waals surface area contributed by atoms with E-state index >= 15 is 0 Å². The molecular formula is C17H27NO2. The van der Waals surface area contributed by atoms with Gasteiger partial charge in [0.25, 0.3) is 0 Å². The lowest BCUT2D eigenvalue weighted by atomic mass is 9.84. The molecule has 0 bridgehead atoms. The monoisotopic (exact) mass is 277 g/mol. The first-order valence-corrected chi connectivity index (χ1v) is 7.89. The van der Waals surface area contributed by atoms with E-state index in [-0.39, 0.29) is 5.75 Å². The molecular weight excluding hydrogens is 250 g/mol. The van der Waals surface area contributed by atoms with Crippen molar-refractivity contribution in [3.63, 3.8) is 0 Å². The number of hydrogen-bond acceptors (Lipinski definition) is 3. The van der Waals surface area contributed by atoms with Crippen LogP contribution in [0.5, 0.6) is 11.5 Å². The van der Waals surface area contributed by atoms with E-state index in [4.69, 9.17) is 4.74 Å². The van der Waals surface area contributed by atoms with E-state index in [1.165, 1.54) is 32.1 Å². The van der Waals surface area contributed by atoms with Crippen molar-refractivity contribution < 1.29 is 9.84 Å². The zero-order valence-electron chi connectivity index (χ0n) is 12.7. The molecule has 1 atom stereocenters. The topological polar surface area (TPSA) is 41.5 Å². The number of benzene rings is 1. The third-order valence-corrected chi connectivity index (χ3v) is 4.35. The Balaban J connectivity index is 1.91. The van der Waals surface area contributed by atoms with Crippen molar-refractivity contribution in [2.75, 3.05) is 6.61 Å². The van der Waals surface area contributed by atoms with Crippen LogP contribution >= 0.6 is 0 Å². The van der Waals surface area contributed by atoms with Crippen molar-refractivity contribution in [3.8, 4) is 11.5 Å². The maximum atomic E-state index is 10.2. The second kappa shape index (κ2) is 7.53. The van der Waals surface area contributed by atoms with Gasteiger partial charge in [-0.25, -0.2) is 0 Å². The Labute approximate surface area is 122 Å². The summed E-state index contributed by atoms with van der Waals surface area (Å²) < 4.78 is 5.42. The van der Waals surface area contributed by atoms with E-state index in [1.807, 2.05) is 25.1 Å². The highest BCUT2D eigenvalue weighted by atomic mass is 16.5. The average Bonchev–Trinajstić information content (AvgIpc) is 2.49. The van der Waals surface area contributed by atoms with Crippen molar-refractivity contribution in [2.24, 2.45) is 5.92 Å². The summed E-state index contributed by atoms with van der Waals surface area (Å²) in [5, 5.41) is 13.7. The van der Waals surface area contributed by atoms with Crippen LogP contribution in [0.2, 0.25) is 0 Å². The van der Waals surface area contributed by atoms with Gasteiger partial charge in [-0.15, -0.1) is 0 Å². The second-order valence-electron chi connectivity index (χ2n) is 5.76. The number of phenols is 1. The Bertz CT molecular complexity index is 413. The lowest BCUT2D eigenvalue weighted by Gasteiger charge is -2.28. The minimum absolute atomic E-state index is 0.276. The quantitative estimate of drug-likeness (QED) is 0.830. The molecule has 2 N–H and O–H groups in total. The van der Waals surface area contributed by atoms with Gasteiger partial charge < -0.3 is 15.2 Å². The summed E-state index contributed by atoms with van der Waals surface area (Å²) in [5.41, 5.74) is 0.915. The highest BCUT2D eigenvalue weighted by Gasteiger charge is 2.20. The first kappa shape index (κ1) is 15.2. The van der Waals surface area contributed by atoms with Gasteiger partial charge in [-0.3, -0.25) is 0 Å². The van der Waals surface area contributed by atoms with Crippen LogP contribution in [0.1, 0.15) is 51.5 Å². The number of hydrogen-bond donors (Lipinski definition) is 2. The van der Waals surface area contributed by atoms with Crippen molar-refractivity contribution in [2.45, 2.75) is 58.5 Å². The SMILES string of the molecule is CCOc1cccc(CNC(C)C2CCCCC2)c1O. The predicted molar refractivity (Wildman–Crippen MR) is 82.2 cm³/mol. The molecule has 0 spiro atoms. The minimum atomic E-state index is 0.276. The molecule has 1 aromatic carbocycles. The Hall–Kier alpha value is -1.22. The Morgan fingerprint density at radius 3 is 2.75 bits per heavy atom. The molecule has 1 fully saturated rings. The van der Waals surface area contributed by atoms with Crippen molar-refractivity contribution in [1.82, 2.24) is 5.32 Å². The van der Waals surface area contributed by atoms with Crippen molar-refractivity contribution in [3.05, 3.63) is 23.8 Å². The minimum Gasteiger partial charge on any atom is -0.504 e. The fourth-order valence-electron chi connectivity index (χ4n) is 3.05. The number of ether oxygens (including phenoxy) is 1. The lowest BCUT2D eigenvalue weighted by Crippen LogP contribution is -2.34. The summed E-state index contributed by atoms with van der Waals surface area (Å²) in [4.78, 5) is 0. The van der Waals surface area contributed by atoms with Crippen LogP contribution in [-0.2, 0) is 6.54 Å². The van der Waals surface area contributed by atoms with Crippen LogP contribution in [0.4, 0.5) is 0 Å². The largest absolute Gasteiger partial charge is 0.504 e. The van der Waals surface area contributed by atoms with Gasteiger partial charge in [0.2, 0.25) is 0 Å². The molecule has 1 saturated carbocycles. The Kier molecular flexibility index (Phi) is 5.72. The second-order valence-corrected chi connectivity index (χ2v) is 5.76. The molecule has 3 heteroatoms. The van der Waals surface area contributed by atoms with Gasteiger partial charge in [-0.05, 0) is 38.7 Å². The van der Waals surface area contributed by atoms with E-state index in [1.54, 1.807) is 0 Å². The lowest BCUT2D eigenvalue weighted by molar-refractivity contribution is 0.278. The number of para-hydroxylation sites is 1. The summed E-state index contributed by atoms with van der Waals surface area (Å²) in [6.45, 7) is 5.46. The van der Waals surface area contributed by atoms with Gasteiger partial charge in [0, 0.05) is 18.2 Å². The van der Waals surface area contributed by atoms with Gasteiger partial charge in [0.05, 0.1) is 6.61 Å². The standard InChI is InChI=1S/C17H27NO2/c1-3-20-16-11-7-10-15(17(16)19)12-18-13(2)14-8-5-4-6-9-14/h7,10-11,13-14,18-19H,3-6,8-9,12H2,1-2H3. The molecule has 2 rings (SSSR count). The molecule has 0 heterocycles. The predicted octanol–water partition coefficient (Wildman–Crippen LogP) is 3.85. The number of rotatable bonds is 6. The van der Waals surface area contributed by atoms with Gasteiger partial charge in [0.15, 0.2) is 11.5 Å². The molecule has 0 amide bonds. The van der Waals surface area contributed by atoms with Gasteiger partial charge in [-0.1, -0.05) is 31.4 Å². The number of nitrogens with one attached hydrogen (secondary N) is 1. The van der Waals surface area contributed by atoms with Crippen LogP contribution in [0.25, 0.3) is 0 Å². The molecule has 1 aromatic rings. The van der Waals surface area contributed by atoms with E-state index in [0.717, 1.165) is 11.5 Å². The van der Waals surface area contributed by atoms with Crippen LogP contribution in [-0.4, -0.2) is 17.8 Å². The zero-order valence-corrected chi connectivity index (χ0v) is 12.7. The van der Waals surface area contributed by atoms with Gasteiger partial charge in [-0.2, -0.15) is 0 Å². The van der Waals surface area contributed by atoms with Crippen LogP contribution < -0.4 is 10.1 Å². The molecule has 0 saturated heterocycles. The van der Waals surface area contributed by atoms with Crippen LogP contribution in [0.15, 0.2) is 18.2 Å². The highest BCUT2D eigenvalue weighted by molar-refractivity contribution is 5.45. The third kappa shape index (κ3) is 3.89. The summed E-state index contributed by atoms with van der Waals surface area (Å²) >= 11 is 0. The fraction of sp³-hybridized carbons (Fsp3) is 0.647. The van der Waals surface area contributed by atoms with Crippen LogP contribution in [0.3, 0.4) is 0 Å². The fourth-order valence-corrected chi connectivity index (χ4v) is 3.05. The van der Waals surface area contributed by atoms with Gasteiger partial charge >= 0.3 is 0 Å². The summed E-state index contributed by atoms with van der Waals surface area (Å²) in [6.07, 6.45) is 6.78. The van der Waals surface area contributed by atoms with E-state index in [0.29, 0.717) is 24.9 Å². The molecule has 0 aromatic heterocycles. The van der Waals surface area contributed by atoms with Crippen molar-refractivity contribution in [1.29, 1.82) is 0 Å². The molecule has 0 radical (unpaired) electrons. The molecule has 112 valence electrons. The average molecular weight is 277 g/mol. The summed E-state index contributed by atoms with van der Waals surface area (Å²) in [6, 6.07) is 6.21. The molecule has 1 aliphatic rings. The molecule has 0 aliphatic heterocycles. The summed E-state index contributed by atoms with van der Waals surface area (Å²) in [5.74, 6) is 1.63. The summed E-state index contributed by atoms with van der Waals surface area (Å²) in [7, 11) is 0. The molecule has 20 heavy (non-hydrogen) atoms. The number of phenolic OH excluding ortho intramolecular Hbond substituents is 1. The zero-order chi connectivity index (χ0) is 14.4. The first-order valence-electron chi connectivity index (χ1n) is 7.89. The first-order chi connectivity index (χ1) is 9.72.